The van der Waals surface area contributed by atoms with E-state index in [0.29, 0.717) is 0 Å². The molecule has 100 valence electrons. The predicted molar refractivity (Wildman–Crippen MR) is 69.1 cm³/mol. The fourth-order valence-electron chi connectivity index (χ4n) is 2.35. The molecule has 1 aliphatic rings. The highest BCUT2D eigenvalue weighted by Gasteiger charge is 2.51. The van der Waals surface area contributed by atoms with E-state index in [2.05, 4.69) is 4.98 Å². The molecule has 0 amide bonds. The van der Waals surface area contributed by atoms with Gasteiger partial charge in [0.25, 0.3) is 5.56 Å². The molecule has 0 radical (unpaired) electrons. The van der Waals surface area contributed by atoms with E-state index in [-0.39, 0.29) is 16.8 Å². The van der Waals surface area contributed by atoms with Gasteiger partial charge in [0.2, 0.25) is 0 Å². The molecule has 1 aromatic heterocycles. The number of nitrogens with zero attached hydrogens (tertiary/aromatic N) is 1. The zero-order valence-electron chi connectivity index (χ0n) is 9.22. The van der Waals surface area contributed by atoms with E-state index >= 15 is 0 Å². The van der Waals surface area contributed by atoms with Gasteiger partial charge in [0.15, 0.2) is 0 Å². The minimum atomic E-state index is -1.41. The number of nitrogens with one attached hydrogen (secondary N) is 1. The number of aliphatic hydroxyl groups excluding tert-OH is 2. The minimum Gasteiger partial charge on any atom is -0.396 e. The van der Waals surface area contributed by atoms with Gasteiger partial charge in [0.05, 0.1) is 9.61 Å². The van der Waals surface area contributed by atoms with E-state index in [0.717, 1.165) is 4.57 Å². The lowest BCUT2D eigenvalue weighted by Gasteiger charge is -2.46. The predicted octanol–water partition coefficient (Wildman–Crippen LogP) is -0.749. The largest absolute Gasteiger partial charge is 0.396 e. The van der Waals surface area contributed by atoms with Gasteiger partial charge >= 0.3 is 5.69 Å². The molecule has 4 atom stereocenters. The Kier molecular flexibility index (Phi) is 3.87. The summed E-state index contributed by atoms with van der Waals surface area (Å²) in [6.07, 6.45) is -0.138. The van der Waals surface area contributed by atoms with Crippen molar-refractivity contribution >= 4 is 22.6 Å². The maximum atomic E-state index is 13.9. The van der Waals surface area contributed by atoms with Crippen molar-refractivity contribution in [2.45, 2.75) is 12.2 Å². The second-order valence-corrected chi connectivity index (χ2v) is 5.43. The smallest absolute Gasteiger partial charge is 0.328 e. The van der Waals surface area contributed by atoms with Crippen molar-refractivity contribution in [3.63, 3.8) is 0 Å². The van der Waals surface area contributed by atoms with Crippen LogP contribution in [-0.2, 0) is 0 Å². The van der Waals surface area contributed by atoms with Crippen LogP contribution in [0.3, 0.4) is 0 Å². The molecule has 1 aromatic rings. The zero-order valence-corrected chi connectivity index (χ0v) is 11.4. The molecule has 0 aliphatic heterocycles. The van der Waals surface area contributed by atoms with Crippen molar-refractivity contribution in [2.24, 2.45) is 11.8 Å². The number of aliphatic hydroxyl groups is 2. The van der Waals surface area contributed by atoms with Crippen LogP contribution in [0.4, 0.5) is 4.39 Å². The Labute approximate surface area is 115 Å². The van der Waals surface area contributed by atoms with Crippen LogP contribution in [0.15, 0.2) is 15.8 Å². The van der Waals surface area contributed by atoms with Crippen molar-refractivity contribution in [1.29, 1.82) is 0 Å². The number of aromatic amines is 1. The Bertz CT molecular complexity index is 558. The molecule has 0 unspecified atom stereocenters. The highest BCUT2D eigenvalue weighted by atomic mass is 127. The third kappa shape index (κ3) is 2.01. The highest BCUT2D eigenvalue weighted by molar-refractivity contribution is 14.1. The summed E-state index contributed by atoms with van der Waals surface area (Å²) in [5.41, 5.74) is -1.23. The Morgan fingerprint density at radius 1 is 1.33 bits per heavy atom. The summed E-state index contributed by atoms with van der Waals surface area (Å²) >= 11 is 1.74. The number of hydrogen-bond acceptors (Lipinski definition) is 4. The summed E-state index contributed by atoms with van der Waals surface area (Å²) in [5, 5.41) is 18.2. The van der Waals surface area contributed by atoms with Gasteiger partial charge in [-0.05, 0) is 22.6 Å². The fourth-order valence-corrected chi connectivity index (χ4v) is 2.79. The van der Waals surface area contributed by atoms with Crippen molar-refractivity contribution in [3.8, 4) is 0 Å². The van der Waals surface area contributed by atoms with Gasteiger partial charge in [-0.15, -0.1) is 0 Å². The summed E-state index contributed by atoms with van der Waals surface area (Å²) < 4.78 is 15.2. The van der Waals surface area contributed by atoms with Crippen LogP contribution in [-0.4, -0.2) is 39.1 Å². The van der Waals surface area contributed by atoms with Crippen molar-refractivity contribution in [3.05, 3.63) is 30.6 Å². The first-order chi connectivity index (χ1) is 8.51. The first kappa shape index (κ1) is 13.7. The maximum absolute atomic E-state index is 13.9. The lowest BCUT2D eigenvalue weighted by atomic mass is 9.68. The van der Waals surface area contributed by atoms with E-state index in [9.17, 15) is 19.1 Å². The number of H-pyrrole nitrogens is 1. The Morgan fingerprint density at radius 3 is 2.50 bits per heavy atom. The average molecular weight is 370 g/mol. The quantitative estimate of drug-likeness (QED) is 0.611. The normalized spacial score (nSPS) is 31.1. The van der Waals surface area contributed by atoms with Crippen molar-refractivity contribution < 1.29 is 14.6 Å². The van der Waals surface area contributed by atoms with Gasteiger partial charge in [0, 0.05) is 31.2 Å². The number of aromatic nitrogens is 2. The molecule has 8 heteroatoms. The van der Waals surface area contributed by atoms with E-state index in [1.165, 1.54) is 6.20 Å². The van der Waals surface area contributed by atoms with Gasteiger partial charge in [-0.3, -0.25) is 14.3 Å². The number of rotatable bonds is 3. The molecule has 0 spiro atoms. The summed E-state index contributed by atoms with van der Waals surface area (Å²) in [4.78, 5) is 24.9. The Balaban J connectivity index is 2.41. The number of hydrogen-bond donors (Lipinski definition) is 3. The average Bonchev–Trinajstić information content (AvgIpc) is 2.33. The Morgan fingerprint density at radius 2 is 1.94 bits per heavy atom. The molecule has 1 fully saturated rings. The number of alkyl halides is 1. The van der Waals surface area contributed by atoms with Crippen molar-refractivity contribution in [1.82, 2.24) is 9.55 Å². The molecule has 0 aromatic carbocycles. The van der Waals surface area contributed by atoms with E-state index < -0.39 is 35.3 Å². The highest BCUT2D eigenvalue weighted by Crippen LogP contribution is 2.45. The molecule has 1 heterocycles. The van der Waals surface area contributed by atoms with Crippen LogP contribution in [0.25, 0.3) is 0 Å². The molecule has 1 saturated carbocycles. The third-order valence-corrected chi connectivity index (χ3v) is 4.16. The Hall–Kier alpha value is -0.740. The standard InChI is InChI=1S/C10H12FIN2O4/c11-7-4(2-15)5(3-16)8(7)14-1-6(12)9(17)13-10(14)18/h1,4-5,7-8,15-16H,2-3H2,(H,13,17,18)/t4-,5-,7+,8+/m1/s1. The summed E-state index contributed by atoms with van der Waals surface area (Å²) in [5.74, 6) is -1.19. The van der Waals surface area contributed by atoms with Crippen LogP contribution in [0.5, 0.6) is 0 Å². The lowest BCUT2D eigenvalue weighted by Crippen LogP contribution is -2.55. The van der Waals surface area contributed by atoms with Gasteiger partial charge in [-0.2, -0.15) is 0 Å². The van der Waals surface area contributed by atoms with Crippen LogP contribution in [0.1, 0.15) is 6.04 Å². The first-order valence-corrected chi connectivity index (χ1v) is 6.46. The van der Waals surface area contributed by atoms with Crippen molar-refractivity contribution in [2.75, 3.05) is 13.2 Å². The second kappa shape index (κ2) is 5.10. The molecule has 2 rings (SSSR count). The fraction of sp³-hybridized carbons (Fsp3) is 0.600. The topological polar surface area (TPSA) is 95.3 Å². The zero-order chi connectivity index (χ0) is 13.4. The molecular weight excluding hydrogens is 358 g/mol. The van der Waals surface area contributed by atoms with Gasteiger partial charge < -0.3 is 10.2 Å². The summed E-state index contributed by atoms with van der Waals surface area (Å²) in [6, 6.07) is -0.843. The van der Waals surface area contributed by atoms with Crippen LogP contribution in [0.2, 0.25) is 0 Å². The lowest BCUT2D eigenvalue weighted by molar-refractivity contribution is -0.0876. The molecule has 1 aliphatic carbocycles. The third-order valence-electron chi connectivity index (χ3n) is 3.39. The monoisotopic (exact) mass is 370 g/mol. The SMILES string of the molecule is O=c1[nH]c(=O)n([C@@H]2[C@@H](F)[C@H](CO)[C@H]2CO)cc1I. The molecule has 0 saturated heterocycles. The second-order valence-electron chi connectivity index (χ2n) is 4.27. The first-order valence-electron chi connectivity index (χ1n) is 5.38. The number of halogens is 2. The molecular formula is C10H12FIN2O4. The maximum Gasteiger partial charge on any atom is 0.328 e. The van der Waals surface area contributed by atoms with Gasteiger partial charge in [-0.1, -0.05) is 0 Å². The molecule has 6 nitrogen and oxygen atoms in total. The van der Waals surface area contributed by atoms with Gasteiger partial charge in [0.1, 0.15) is 6.17 Å². The minimum absolute atomic E-state index is 0.267. The van der Waals surface area contributed by atoms with E-state index in [4.69, 9.17) is 5.11 Å². The van der Waals surface area contributed by atoms with E-state index in [1.807, 2.05) is 0 Å². The molecule has 0 bridgehead atoms. The van der Waals surface area contributed by atoms with Gasteiger partial charge in [-0.25, -0.2) is 9.18 Å². The van der Waals surface area contributed by atoms with Crippen LogP contribution < -0.4 is 11.2 Å². The summed E-state index contributed by atoms with van der Waals surface area (Å²) in [7, 11) is 0. The van der Waals surface area contributed by atoms with Crippen LogP contribution in [0, 0.1) is 15.4 Å². The van der Waals surface area contributed by atoms with Crippen LogP contribution >= 0.6 is 22.6 Å². The van der Waals surface area contributed by atoms with E-state index in [1.54, 1.807) is 22.6 Å². The molecule has 18 heavy (non-hydrogen) atoms. The molecule has 3 N–H and O–H groups in total. The summed E-state index contributed by atoms with van der Waals surface area (Å²) in [6.45, 7) is -0.698.